The molecule has 0 bridgehead atoms. The number of fused-ring (bicyclic) bond motifs is 1. The fourth-order valence-corrected chi connectivity index (χ4v) is 7.30. The molecule has 2 saturated heterocycles. The van der Waals surface area contributed by atoms with Crippen LogP contribution < -0.4 is 4.74 Å². The second-order valence-electron chi connectivity index (χ2n) is 12.7. The fraction of sp³-hybridized carbons (Fsp3) is 0.556. The van der Waals surface area contributed by atoms with Gasteiger partial charge in [0.1, 0.15) is 30.4 Å². The van der Waals surface area contributed by atoms with Gasteiger partial charge in [0.25, 0.3) is 0 Å². The summed E-state index contributed by atoms with van der Waals surface area (Å²) in [7, 11) is 0. The largest absolute Gasteiger partial charge is 0.463 e. The van der Waals surface area contributed by atoms with Crippen molar-refractivity contribution in [3.05, 3.63) is 24.3 Å². The zero-order valence-electron chi connectivity index (χ0n) is 32.2. The van der Waals surface area contributed by atoms with E-state index in [2.05, 4.69) is 4.98 Å². The summed E-state index contributed by atoms with van der Waals surface area (Å²) in [5.41, 5.74) is -0.831. The maximum absolute atomic E-state index is 12.5. The summed E-state index contributed by atoms with van der Waals surface area (Å²) in [5.74, 6) is -6.40. The molecular formula is C36H43NO19S. The third-order valence-electron chi connectivity index (χ3n) is 7.99. The zero-order valence-corrected chi connectivity index (χ0v) is 33.0. The molecule has 57 heavy (non-hydrogen) atoms. The van der Waals surface area contributed by atoms with Crippen molar-refractivity contribution in [2.45, 2.75) is 121 Å². The first-order chi connectivity index (χ1) is 26.8. The number of aromatic amines is 1. The summed E-state index contributed by atoms with van der Waals surface area (Å²) >= 11 is 0.856. The Balaban J connectivity index is 1.85. The number of benzene rings is 1. The number of para-hydroxylation sites is 1. The molecule has 2 aromatic rings. The Bertz CT molecular complexity index is 1840. The van der Waals surface area contributed by atoms with Crippen molar-refractivity contribution in [2.75, 3.05) is 13.2 Å². The van der Waals surface area contributed by atoms with Crippen LogP contribution in [-0.2, 0) is 85.7 Å². The van der Waals surface area contributed by atoms with E-state index in [-0.39, 0.29) is 10.8 Å². The number of hydrogen-bond acceptors (Lipinski definition) is 20. The molecule has 1 aromatic carbocycles. The molecule has 2 aliphatic heterocycles. The minimum atomic E-state index is -1.65. The molecule has 1 aromatic heterocycles. The Hall–Kier alpha value is -5.41. The Morgan fingerprint density at radius 1 is 0.544 bits per heavy atom. The van der Waals surface area contributed by atoms with Crippen LogP contribution in [0.25, 0.3) is 10.9 Å². The number of ether oxygens (including phenoxy) is 11. The molecule has 312 valence electrons. The number of carbonyl (C=O) groups excluding carboxylic acids is 8. The van der Waals surface area contributed by atoms with Crippen LogP contribution in [-0.4, -0.2) is 127 Å². The van der Waals surface area contributed by atoms with Gasteiger partial charge in [-0.2, -0.15) is 0 Å². The van der Waals surface area contributed by atoms with Crippen LogP contribution >= 0.6 is 11.8 Å². The Morgan fingerprint density at radius 2 is 0.965 bits per heavy atom. The van der Waals surface area contributed by atoms with Crippen molar-refractivity contribution < 1.29 is 90.5 Å². The van der Waals surface area contributed by atoms with E-state index in [1.165, 1.54) is 0 Å². The molecule has 20 nitrogen and oxygen atoms in total. The molecule has 4 rings (SSSR count). The van der Waals surface area contributed by atoms with E-state index in [4.69, 9.17) is 52.1 Å². The molecular weight excluding hydrogens is 782 g/mol. The van der Waals surface area contributed by atoms with Gasteiger partial charge in [0, 0.05) is 60.8 Å². The van der Waals surface area contributed by atoms with E-state index in [1.807, 2.05) is 0 Å². The molecule has 2 aliphatic rings. The number of carbonyl (C=O) groups is 8. The Labute approximate surface area is 329 Å². The predicted octanol–water partition coefficient (Wildman–Crippen LogP) is 1.81. The van der Waals surface area contributed by atoms with Crippen LogP contribution in [0.2, 0.25) is 0 Å². The molecule has 21 heteroatoms. The maximum atomic E-state index is 12.5. The highest BCUT2D eigenvalue weighted by atomic mass is 32.2. The molecule has 0 amide bonds. The van der Waals surface area contributed by atoms with Gasteiger partial charge in [-0.05, 0) is 12.1 Å². The summed E-state index contributed by atoms with van der Waals surface area (Å²) in [6.07, 6.45) is -13.2. The van der Waals surface area contributed by atoms with Gasteiger partial charge in [-0.1, -0.05) is 23.9 Å². The van der Waals surface area contributed by atoms with Gasteiger partial charge in [-0.15, -0.1) is 0 Å². The third kappa shape index (κ3) is 12.0. The second-order valence-corrected chi connectivity index (χ2v) is 13.8. The number of rotatable bonds is 14. The first kappa shape index (κ1) is 44.3. The van der Waals surface area contributed by atoms with Gasteiger partial charge < -0.3 is 57.1 Å². The number of nitrogens with one attached hydrogen (secondary N) is 1. The third-order valence-corrected chi connectivity index (χ3v) is 9.13. The van der Waals surface area contributed by atoms with Gasteiger partial charge in [-0.25, -0.2) is 0 Å². The van der Waals surface area contributed by atoms with Crippen LogP contribution in [0.1, 0.15) is 55.4 Å². The van der Waals surface area contributed by atoms with Crippen molar-refractivity contribution >= 4 is 70.4 Å². The minimum absolute atomic E-state index is 0.0179. The highest BCUT2D eigenvalue weighted by molar-refractivity contribution is 7.99. The summed E-state index contributed by atoms with van der Waals surface area (Å²) in [4.78, 5) is 101. The summed E-state index contributed by atoms with van der Waals surface area (Å²) < 4.78 is 62.5. The maximum Gasteiger partial charge on any atom is 0.303 e. The van der Waals surface area contributed by atoms with Crippen LogP contribution in [0.5, 0.6) is 5.75 Å². The number of aromatic nitrogens is 1. The van der Waals surface area contributed by atoms with Crippen LogP contribution in [0, 0.1) is 0 Å². The monoisotopic (exact) mass is 825 g/mol. The lowest BCUT2D eigenvalue weighted by Crippen LogP contribution is -2.63. The number of hydrogen-bond donors (Lipinski definition) is 1. The molecule has 0 radical (unpaired) electrons. The Kier molecular flexibility index (Phi) is 15.3. The summed E-state index contributed by atoms with van der Waals surface area (Å²) in [6.45, 7) is 7.79. The van der Waals surface area contributed by atoms with Crippen LogP contribution in [0.4, 0.5) is 0 Å². The number of esters is 8. The van der Waals surface area contributed by atoms with Crippen molar-refractivity contribution in [1.29, 1.82) is 0 Å². The molecule has 0 saturated carbocycles. The van der Waals surface area contributed by atoms with E-state index in [1.54, 1.807) is 24.3 Å². The SMILES string of the molecule is CC(=O)OC[C@H]1O[C@@H](Sc2[nH]c3ccccc3c2O[C@@H]2O[C@H](COC(C)=O)[C@@H](OC(C)=O)[C@H](OC(C)=O)[C@H]2OC(C)=O)[C@H](OC(C)=O)[C@@H](OC(C)=O)[C@@H]1OC(C)=O. The topological polar surface area (TPSA) is 254 Å². The van der Waals surface area contributed by atoms with Gasteiger partial charge in [0.2, 0.25) is 12.4 Å². The molecule has 10 atom stereocenters. The number of H-pyrrole nitrogens is 1. The average molecular weight is 826 g/mol. The summed E-state index contributed by atoms with van der Waals surface area (Å²) in [6, 6.07) is 6.73. The first-order valence-corrected chi connectivity index (χ1v) is 18.3. The van der Waals surface area contributed by atoms with E-state index in [0.29, 0.717) is 10.9 Å². The summed E-state index contributed by atoms with van der Waals surface area (Å²) in [5, 5.41) is 0.573. The lowest BCUT2D eigenvalue weighted by Gasteiger charge is -2.44. The zero-order chi connectivity index (χ0) is 42.1. The molecule has 0 unspecified atom stereocenters. The highest BCUT2D eigenvalue weighted by Gasteiger charge is 2.55. The van der Waals surface area contributed by atoms with Gasteiger partial charge in [-0.3, -0.25) is 38.4 Å². The minimum Gasteiger partial charge on any atom is -0.463 e. The van der Waals surface area contributed by atoms with E-state index in [9.17, 15) is 38.4 Å². The van der Waals surface area contributed by atoms with Gasteiger partial charge in [0.05, 0.1) is 5.52 Å². The predicted molar refractivity (Wildman–Crippen MR) is 189 cm³/mol. The normalized spacial score (nSPS) is 26.9. The van der Waals surface area contributed by atoms with Gasteiger partial charge in [0.15, 0.2) is 41.7 Å². The van der Waals surface area contributed by atoms with Crippen LogP contribution in [0.15, 0.2) is 29.3 Å². The smallest absolute Gasteiger partial charge is 0.303 e. The quantitative estimate of drug-likeness (QED) is 0.210. The molecule has 2 fully saturated rings. The average Bonchev–Trinajstić information content (AvgIpc) is 3.43. The van der Waals surface area contributed by atoms with E-state index >= 15 is 0 Å². The van der Waals surface area contributed by atoms with Crippen molar-refractivity contribution in [2.24, 2.45) is 0 Å². The lowest BCUT2D eigenvalue weighted by atomic mass is 9.98. The molecule has 0 aliphatic carbocycles. The molecule has 1 N–H and O–H groups in total. The lowest BCUT2D eigenvalue weighted by molar-refractivity contribution is -0.288. The van der Waals surface area contributed by atoms with Gasteiger partial charge >= 0.3 is 47.8 Å². The van der Waals surface area contributed by atoms with E-state index in [0.717, 1.165) is 67.2 Å². The van der Waals surface area contributed by atoms with Crippen molar-refractivity contribution in [1.82, 2.24) is 4.98 Å². The number of thioether (sulfide) groups is 1. The standard InChI is InChI=1S/C36H43NO19S/c1-15(38)46-13-25-28(48-17(3)40)30(50-19(5)42)32(52-21(7)44)35(54-25)56-27-23-11-9-10-12-24(23)37-34(27)57-36-33(53-22(8)45)31(51-20(6)43)29(49-18(4)41)26(55-36)14-47-16(2)39/h9-12,25-26,28-33,35-37H,13-14H2,1-8H3/t25-,26-,28-,29-,30+,31+,32-,33-,35+,36+/m1/s1. The van der Waals surface area contributed by atoms with Crippen molar-refractivity contribution in [3.63, 3.8) is 0 Å². The molecule has 0 spiro atoms. The van der Waals surface area contributed by atoms with Crippen LogP contribution in [0.3, 0.4) is 0 Å². The van der Waals surface area contributed by atoms with E-state index < -0.39 is 122 Å². The fourth-order valence-electron chi connectivity index (χ4n) is 6.09. The Morgan fingerprint density at radius 3 is 1.46 bits per heavy atom. The highest BCUT2D eigenvalue weighted by Crippen LogP contribution is 2.45. The second kappa shape index (κ2) is 19.6. The van der Waals surface area contributed by atoms with Crippen molar-refractivity contribution in [3.8, 4) is 5.75 Å². The first-order valence-electron chi connectivity index (χ1n) is 17.4. The molecule has 3 heterocycles.